The van der Waals surface area contributed by atoms with Crippen molar-refractivity contribution in [2.24, 2.45) is 0 Å². The predicted molar refractivity (Wildman–Crippen MR) is 62.6 cm³/mol. The van der Waals surface area contributed by atoms with Crippen LogP contribution < -0.4 is 10.6 Å². The van der Waals surface area contributed by atoms with Crippen molar-refractivity contribution in [3.05, 3.63) is 16.1 Å². The molecule has 2 heterocycles. The third-order valence-electron chi connectivity index (χ3n) is 2.52. The van der Waals surface area contributed by atoms with Gasteiger partial charge in [-0.05, 0) is 6.42 Å². The summed E-state index contributed by atoms with van der Waals surface area (Å²) in [6, 6.07) is -0.132. The number of piperidine rings is 1. The van der Waals surface area contributed by atoms with E-state index in [1.165, 1.54) is 5.38 Å². The molecule has 1 fully saturated rings. The molecule has 0 bridgehead atoms. The molecular formula is C10H11N3O4S. The lowest BCUT2D eigenvalue weighted by Crippen LogP contribution is -2.47. The quantitative estimate of drug-likeness (QED) is 0.707. The van der Waals surface area contributed by atoms with Crippen LogP contribution in [0.3, 0.4) is 0 Å². The van der Waals surface area contributed by atoms with Crippen molar-refractivity contribution in [3.63, 3.8) is 0 Å². The third kappa shape index (κ3) is 2.83. The summed E-state index contributed by atoms with van der Waals surface area (Å²) in [6.07, 6.45) is 0.956. The van der Waals surface area contributed by atoms with Crippen LogP contribution >= 0.6 is 11.3 Å². The Labute approximate surface area is 106 Å². The second kappa shape index (κ2) is 5.13. The van der Waals surface area contributed by atoms with Crippen molar-refractivity contribution < 1.29 is 19.5 Å². The van der Waals surface area contributed by atoms with Crippen LogP contribution in [0.5, 0.6) is 0 Å². The molecule has 3 N–H and O–H groups in total. The molecule has 0 aliphatic carbocycles. The zero-order chi connectivity index (χ0) is 13.1. The molecule has 1 aromatic heterocycles. The highest BCUT2D eigenvalue weighted by molar-refractivity contribution is 7.11. The fraction of sp³-hybridized carbons (Fsp3) is 0.400. The Morgan fingerprint density at radius 2 is 2.33 bits per heavy atom. The first-order chi connectivity index (χ1) is 8.56. The number of amides is 2. The summed E-state index contributed by atoms with van der Waals surface area (Å²) in [4.78, 5) is 37.0. The van der Waals surface area contributed by atoms with Gasteiger partial charge in [0.1, 0.15) is 0 Å². The maximum atomic E-state index is 11.8. The van der Waals surface area contributed by atoms with E-state index in [2.05, 4.69) is 15.6 Å². The number of carboxylic acid groups (broad SMARTS) is 1. The summed E-state index contributed by atoms with van der Waals surface area (Å²) in [6.45, 7) is 0.391. The Balaban J connectivity index is 1.94. The molecule has 1 aromatic rings. The largest absolute Gasteiger partial charge is 0.476 e. The SMILES string of the molecule is O=C1CCC(NC(=O)c2nc(C(=O)O)cs2)CN1. The van der Waals surface area contributed by atoms with Crippen LogP contribution in [-0.2, 0) is 4.79 Å². The molecule has 0 radical (unpaired) electrons. The van der Waals surface area contributed by atoms with E-state index in [-0.39, 0.29) is 22.7 Å². The van der Waals surface area contributed by atoms with Gasteiger partial charge in [-0.3, -0.25) is 9.59 Å². The van der Waals surface area contributed by atoms with Gasteiger partial charge in [0.2, 0.25) is 5.91 Å². The molecule has 1 aliphatic heterocycles. The Kier molecular flexibility index (Phi) is 3.56. The van der Waals surface area contributed by atoms with Crippen molar-refractivity contribution in [1.82, 2.24) is 15.6 Å². The lowest BCUT2D eigenvalue weighted by atomic mass is 10.1. The molecule has 1 unspecified atom stereocenters. The van der Waals surface area contributed by atoms with Gasteiger partial charge in [0.25, 0.3) is 5.91 Å². The van der Waals surface area contributed by atoms with Gasteiger partial charge in [0.15, 0.2) is 10.7 Å². The predicted octanol–water partition coefficient (Wildman–Crippen LogP) is -0.150. The molecule has 2 rings (SSSR count). The topological polar surface area (TPSA) is 108 Å². The zero-order valence-corrected chi connectivity index (χ0v) is 10.1. The number of nitrogens with zero attached hydrogens (tertiary/aromatic N) is 1. The number of hydrogen-bond donors (Lipinski definition) is 3. The van der Waals surface area contributed by atoms with Crippen LogP contribution in [0.4, 0.5) is 0 Å². The van der Waals surface area contributed by atoms with Gasteiger partial charge in [-0.25, -0.2) is 9.78 Å². The van der Waals surface area contributed by atoms with Crippen LogP contribution in [0, 0.1) is 0 Å². The van der Waals surface area contributed by atoms with Crippen LogP contribution in [-0.4, -0.2) is 40.5 Å². The van der Waals surface area contributed by atoms with Gasteiger partial charge in [0.05, 0.1) is 0 Å². The smallest absolute Gasteiger partial charge is 0.355 e. The highest BCUT2D eigenvalue weighted by Crippen LogP contribution is 2.11. The minimum absolute atomic E-state index is 0.0251. The van der Waals surface area contributed by atoms with Gasteiger partial charge in [-0.2, -0.15) is 0 Å². The lowest BCUT2D eigenvalue weighted by Gasteiger charge is -2.22. The Hall–Kier alpha value is -1.96. The van der Waals surface area contributed by atoms with Gasteiger partial charge >= 0.3 is 5.97 Å². The number of carboxylic acids is 1. The fourth-order valence-electron chi connectivity index (χ4n) is 1.58. The van der Waals surface area contributed by atoms with Gasteiger partial charge < -0.3 is 15.7 Å². The number of aromatic carboxylic acids is 1. The number of carbonyl (C=O) groups excluding carboxylic acids is 2. The summed E-state index contributed by atoms with van der Waals surface area (Å²) < 4.78 is 0. The summed E-state index contributed by atoms with van der Waals surface area (Å²) in [5.41, 5.74) is -0.137. The summed E-state index contributed by atoms with van der Waals surface area (Å²) in [7, 11) is 0. The number of thiazole rings is 1. The lowest BCUT2D eigenvalue weighted by molar-refractivity contribution is -0.122. The van der Waals surface area contributed by atoms with Gasteiger partial charge in [-0.1, -0.05) is 0 Å². The number of carbonyl (C=O) groups is 3. The third-order valence-corrected chi connectivity index (χ3v) is 3.36. The standard InChI is InChI=1S/C10H11N3O4S/c14-7-2-1-5(3-11-7)12-8(15)9-13-6(4-18-9)10(16)17/h4-5H,1-3H2,(H,11,14)(H,12,15)(H,16,17). The second-order valence-electron chi connectivity index (χ2n) is 3.86. The molecule has 0 spiro atoms. The van der Waals surface area contributed by atoms with Crippen LogP contribution in [0.1, 0.15) is 33.1 Å². The average Bonchev–Trinajstić information content (AvgIpc) is 2.81. The van der Waals surface area contributed by atoms with Crippen molar-refractivity contribution in [1.29, 1.82) is 0 Å². The normalized spacial score (nSPS) is 19.1. The summed E-state index contributed by atoms with van der Waals surface area (Å²) in [5, 5.41) is 15.5. The molecule has 2 amide bonds. The summed E-state index contributed by atoms with van der Waals surface area (Å²) >= 11 is 0.984. The minimum Gasteiger partial charge on any atom is -0.476 e. The monoisotopic (exact) mass is 269 g/mol. The molecule has 7 nitrogen and oxygen atoms in total. The van der Waals surface area contributed by atoms with Crippen molar-refractivity contribution in [2.45, 2.75) is 18.9 Å². The van der Waals surface area contributed by atoms with Crippen LogP contribution in [0.25, 0.3) is 0 Å². The van der Waals surface area contributed by atoms with E-state index in [1.807, 2.05) is 0 Å². The number of aromatic nitrogens is 1. The second-order valence-corrected chi connectivity index (χ2v) is 4.71. The first-order valence-corrected chi connectivity index (χ1v) is 6.20. The van der Waals surface area contributed by atoms with Gasteiger partial charge in [0, 0.05) is 24.4 Å². The molecule has 1 aliphatic rings. The van der Waals surface area contributed by atoms with Crippen LogP contribution in [0.15, 0.2) is 5.38 Å². The first-order valence-electron chi connectivity index (χ1n) is 5.32. The molecule has 1 saturated heterocycles. The Morgan fingerprint density at radius 3 is 2.89 bits per heavy atom. The van der Waals surface area contributed by atoms with E-state index in [9.17, 15) is 14.4 Å². The van der Waals surface area contributed by atoms with E-state index in [0.29, 0.717) is 19.4 Å². The maximum Gasteiger partial charge on any atom is 0.355 e. The molecular weight excluding hydrogens is 258 g/mol. The van der Waals surface area contributed by atoms with Crippen molar-refractivity contribution in [2.75, 3.05) is 6.54 Å². The summed E-state index contributed by atoms with van der Waals surface area (Å²) in [5.74, 6) is -1.59. The number of nitrogens with one attached hydrogen (secondary N) is 2. The molecule has 0 aromatic carbocycles. The molecule has 8 heteroatoms. The molecule has 0 saturated carbocycles. The number of rotatable bonds is 3. The first kappa shape index (κ1) is 12.5. The van der Waals surface area contributed by atoms with E-state index in [0.717, 1.165) is 11.3 Å². The van der Waals surface area contributed by atoms with Crippen molar-refractivity contribution in [3.8, 4) is 0 Å². The Bertz CT molecular complexity index is 489. The number of hydrogen-bond acceptors (Lipinski definition) is 5. The highest BCUT2D eigenvalue weighted by atomic mass is 32.1. The molecule has 1 atom stereocenters. The zero-order valence-electron chi connectivity index (χ0n) is 9.30. The van der Waals surface area contributed by atoms with Crippen molar-refractivity contribution >= 4 is 29.1 Å². The van der Waals surface area contributed by atoms with Gasteiger partial charge in [-0.15, -0.1) is 11.3 Å². The molecule has 96 valence electrons. The van der Waals surface area contributed by atoms with Crippen LogP contribution in [0.2, 0.25) is 0 Å². The van der Waals surface area contributed by atoms with E-state index in [1.54, 1.807) is 0 Å². The Morgan fingerprint density at radius 1 is 1.56 bits per heavy atom. The van der Waals surface area contributed by atoms with E-state index in [4.69, 9.17) is 5.11 Å². The maximum absolute atomic E-state index is 11.8. The molecule has 18 heavy (non-hydrogen) atoms. The average molecular weight is 269 g/mol. The highest BCUT2D eigenvalue weighted by Gasteiger charge is 2.22. The van der Waals surface area contributed by atoms with E-state index < -0.39 is 11.9 Å². The van der Waals surface area contributed by atoms with E-state index >= 15 is 0 Å². The fourth-order valence-corrected chi connectivity index (χ4v) is 2.27. The minimum atomic E-state index is -1.16.